The first-order chi connectivity index (χ1) is 9.32. The third-order valence-electron chi connectivity index (χ3n) is 1.98. The molecule has 0 saturated carbocycles. The third kappa shape index (κ3) is 13.9. The third-order valence-corrected chi connectivity index (χ3v) is 5.86. The van der Waals surface area contributed by atoms with Gasteiger partial charge in [-0.05, 0) is 19.4 Å². The smallest absolute Gasteiger partial charge is 0.340 e. The van der Waals surface area contributed by atoms with Crippen LogP contribution in [-0.4, -0.2) is 53.7 Å². The van der Waals surface area contributed by atoms with Crippen LogP contribution in [0.4, 0.5) is 0 Å². The molecule has 13 heteroatoms. The van der Waals surface area contributed by atoms with E-state index in [1.54, 1.807) is 0 Å². The molecule has 0 amide bonds. The number of nitrogens with two attached hydrogens (primary N) is 1. The van der Waals surface area contributed by atoms with Gasteiger partial charge in [-0.2, -0.15) is 0 Å². The zero-order valence-electron chi connectivity index (χ0n) is 10.9. The Morgan fingerprint density at radius 1 is 0.905 bits per heavy atom. The second kappa shape index (κ2) is 10.0. The maximum atomic E-state index is 10.5. The molecule has 0 aliphatic carbocycles. The molecule has 11 nitrogen and oxygen atoms in total. The summed E-state index contributed by atoms with van der Waals surface area (Å²) in [6.07, 6.45) is -0.308. The first-order valence-electron chi connectivity index (χ1n) is 5.56. The van der Waals surface area contributed by atoms with Gasteiger partial charge < -0.3 is 35.5 Å². The van der Waals surface area contributed by atoms with E-state index in [1.807, 2.05) is 0 Å². The van der Waals surface area contributed by atoms with Crippen molar-refractivity contribution in [2.24, 2.45) is 5.73 Å². The summed E-state index contributed by atoms with van der Waals surface area (Å²) in [7, 11) is -9.51. The van der Waals surface area contributed by atoms with Crippen molar-refractivity contribution in [3.05, 3.63) is 0 Å². The highest BCUT2D eigenvalue weighted by molar-refractivity contribution is 7.70. The summed E-state index contributed by atoms with van der Waals surface area (Å²) in [5, 5.41) is 14.1. The van der Waals surface area contributed by atoms with Crippen LogP contribution in [0.1, 0.15) is 25.7 Å². The fourth-order valence-electron chi connectivity index (χ4n) is 1.07. The van der Waals surface area contributed by atoms with Gasteiger partial charge in [-0.3, -0.25) is 18.7 Å². The summed E-state index contributed by atoms with van der Waals surface area (Å²) < 4.78 is 21.0. The first kappa shape index (κ1) is 22.5. The molecule has 21 heavy (non-hydrogen) atoms. The van der Waals surface area contributed by atoms with E-state index in [4.69, 9.17) is 35.5 Å². The SMILES string of the molecule is NCCC(P(=O)(O)O)P(=O)(O)O.O=C(O)CCCC(=O)O. The number of aliphatic carboxylic acids is 2. The van der Waals surface area contributed by atoms with Crippen molar-refractivity contribution in [2.75, 3.05) is 6.54 Å². The van der Waals surface area contributed by atoms with Gasteiger partial charge in [-0.1, -0.05) is 0 Å². The van der Waals surface area contributed by atoms with Crippen LogP contribution in [0, 0.1) is 0 Å². The molecule has 0 aromatic rings. The molecule has 0 rings (SSSR count). The van der Waals surface area contributed by atoms with E-state index < -0.39 is 39.0 Å². The predicted molar refractivity (Wildman–Crippen MR) is 70.7 cm³/mol. The fourth-order valence-corrected chi connectivity index (χ4v) is 3.61. The van der Waals surface area contributed by atoms with Crippen molar-refractivity contribution < 1.29 is 48.5 Å². The number of carboxylic acids is 2. The van der Waals surface area contributed by atoms with Crippen LogP contribution in [0.25, 0.3) is 0 Å². The van der Waals surface area contributed by atoms with Gasteiger partial charge in [0.1, 0.15) is 0 Å². The molecule has 0 saturated heterocycles. The van der Waals surface area contributed by atoms with E-state index in [9.17, 15) is 18.7 Å². The van der Waals surface area contributed by atoms with Gasteiger partial charge in [-0.15, -0.1) is 0 Å². The molecule has 0 aliphatic rings. The summed E-state index contributed by atoms with van der Waals surface area (Å²) in [4.78, 5) is 53.6. The van der Waals surface area contributed by atoms with Crippen molar-refractivity contribution in [2.45, 2.75) is 31.1 Å². The fraction of sp³-hybridized carbons (Fsp3) is 0.750. The lowest BCUT2D eigenvalue weighted by molar-refractivity contribution is -0.138. The number of carbonyl (C=O) groups is 2. The molecule has 8 N–H and O–H groups in total. The number of rotatable bonds is 8. The van der Waals surface area contributed by atoms with Crippen LogP contribution in [0.3, 0.4) is 0 Å². The van der Waals surface area contributed by atoms with Crippen LogP contribution in [-0.2, 0) is 18.7 Å². The predicted octanol–water partition coefficient (Wildman–Crippen LogP) is -0.657. The van der Waals surface area contributed by atoms with Gasteiger partial charge in [0.25, 0.3) is 0 Å². The summed E-state index contributed by atoms with van der Waals surface area (Å²) >= 11 is 0. The van der Waals surface area contributed by atoms with Gasteiger partial charge in [0.2, 0.25) is 0 Å². The Kier molecular flexibility index (Phi) is 10.7. The van der Waals surface area contributed by atoms with E-state index in [0.717, 1.165) is 0 Å². The molecular formula is C8H19NO10P2. The minimum Gasteiger partial charge on any atom is -0.481 e. The minimum atomic E-state index is -4.76. The lowest BCUT2D eigenvalue weighted by Gasteiger charge is -2.18. The molecule has 0 aliphatic heterocycles. The summed E-state index contributed by atoms with van der Waals surface area (Å²) in [5.74, 6) is -1.90. The quantitative estimate of drug-likeness (QED) is 0.272. The first-order valence-corrected chi connectivity index (χ1v) is 8.92. The molecule has 0 aromatic carbocycles. The lowest BCUT2D eigenvalue weighted by Crippen LogP contribution is -2.14. The molecule has 0 fully saturated rings. The van der Waals surface area contributed by atoms with Gasteiger partial charge in [0, 0.05) is 12.8 Å². The van der Waals surface area contributed by atoms with Crippen molar-refractivity contribution in [3.63, 3.8) is 0 Å². The van der Waals surface area contributed by atoms with E-state index in [0.29, 0.717) is 0 Å². The Labute approximate surface area is 120 Å². The maximum absolute atomic E-state index is 10.5. The van der Waals surface area contributed by atoms with E-state index in [2.05, 4.69) is 0 Å². The molecule has 0 bridgehead atoms. The average molecular weight is 351 g/mol. The van der Waals surface area contributed by atoms with E-state index in [1.165, 1.54) is 0 Å². The highest BCUT2D eigenvalue weighted by Crippen LogP contribution is 2.60. The molecule has 0 spiro atoms. The van der Waals surface area contributed by atoms with Crippen LogP contribution < -0.4 is 5.73 Å². The van der Waals surface area contributed by atoms with E-state index >= 15 is 0 Å². The topological polar surface area (TPSA) is 216 Å². The highest BCUT2D eigenvalue weighted by Gasteiger charge is 2.42. The van der Waals surface area contributed by atoms with Gasteiger partial charge in [0.05, 0.1) is 0 Å². The summed E-state index contributed by atoms with van der Waals surface area (Å²) in [6, 6.07) is 0. The Bertz CT molecular complexity index is 391. The van der Waals surface area contributed by atoms with Gasteiger partial charge in [-0.25, -0.2) is 0 Å². The molecule has 126 valence electrons. The zero-order chi connectivity index (χ0) is 17.3. The summed E-state index contributed by atoms with van der Waals surface area (Å²) in [5.41, 5.74) is 4.94. The Hall–Kier alpha value is -0.800. The molecule has 0 atom stereocenters. The molecular weight excluding hydrogens is 332 g/mol. The van der Waals surface area contributed by atoms with Crippen molar-refractivity contribution in [1.29, 1.82) is 0 Å². The van der Waals surface area contributed by atoms with Gasteiger partial charge >= 0.3 is 27.1 Å². The number of carboxylic acid groups (broad SMARTS) is 2. The molecule has 0 unspecified atom stereocenters. The Balaban J connectivity index is 0. The lowest BCUT2D eigenvalue weighted by atomic mass is 10.2. The Morgan fingerprint density at radius 3 is 1.38 bits per heavy atom. The highest BCUT2D eigenvalue weighted by atomic mass is 31.2. The van der Waals surface area contributed by atoms with Crippen molar-refractivity contribution in [3.8, 4) is 0 Å². The maximum Gasteiger partial charge on any atom is 0.340 e. The van der Waals surface area contributed by atoms with Crippen LogP contribution >= 0.6 is 15.2 Å². The monoisotopic (exact) mass is 351 g/mol. The van der Waals surface area contributed by atoms with Crippen LogP contribution in [0.15, 0.2) is 0 Å². The largest absolute Gasteiger partial charge is 0.481 e. The average Bonchev–Trinajstić information content (AvgIpc) is 2.22. The zero-order valence-corrected chi connectivity index (χ0v) is 12.7. The second-order valence-corrected chi connectivity index (χ2v) is 7.89. The van der Waals surface area contributed by atoms with Crippen LogP contribution in [0.5, 0.6) is 0 Å². The summed E-state index contributed by atoms with van der Waals surface area (Å²) in [6.45, 7) is -0.180. The van der Waals surface area contributed by atoms with Crippen molar-refractivity contribution >= 4 is 27.1 Å². The van der Waals surface area contributed by atoms with Crippen LogP contribution in [0.2, 0.25) is 0 Å². The minimum absolute atomic E-state index is 0.0632. The number of hydrogen-bond donors (Lipinski definition) is 7. The number of hydrogen-bond acceptors (Lipinski definition) is 5. The Morgan fingerprint density at radius 2 is 1.24 bits per heavy atom. The van der Waals surface area contributed by atoms with E-state index in [-0.39, 0.29) is 25.8 Å². The molecule has 0 aromatic heterocycles. The van der Waals surface area contributed by atoms with Crippen molar-refractivity contribution in [1.82, 2.24) is 0 Å². The molecule has 0 radical (unpaired) electrons. The second-order valence-electron chi connectivity index (χ2n) is 3.88. The molecule has 0 heterocycles. The standard InChI is InChI=1S/C5H8O4.C3H11NO6P2/c6-4(7)2-1-3-5(8)9;4-2-1-3(11(5,6)7)12(8,9)10/h1-3H2,(H,6,7)(H,8,9);3H,1-2,4H2,(H2,5,6,7)(H2,8,9,10). The normalized spacial score (nSPS) is 11.7. The van der Waals surface area contributed by atoms with Gasteiger partial charge in [0.15, 0.2) is 5.40 Å².